The smallest absolute Gasteiger partial charge is 0.243 e. The Kier molecular flexibility index (Phi) is 4.51. The largest absolute Gasteiger partial charge is 0.399 e. The summed E-state index contributed by atoms with van der Waals surface area (Å²) in [6.45, 7) is 9.63. The average molecular weight is 302 g/mol. The fourth-order valence-corrected chi connectivity index (χ4v) is 3.99. The van der Waals surface area contributed by atoms with Gasteiger partial charge in [0.05, 0.1) is 0 Å². The molecule has 1 aromatic carbocycles. The molecular weight excluding hydrogens is 279 g/mol. The minimum atomic E-state index is -3.92. The Morgan fingerprint density at radius 1 is 1.20 bits per heavy atom. The number of nitrogens with one attached hydrogen (secondary N) is 1. The number of hydrogen-bond acceptors (Lipinski definition) is 3. The molecule has 0 aliphatic rings. The molecule has 0 radical (unpaired) electrons. The van der Waals surface area contributed by atoms with Gasteiger partial charge in [-0.2, -0.15) is 0 Å². The van der Waals surface area contributed by atoms with Crippen molar-refractivity contribution in [3.8, 4) is 0 Å². The van der Waals surface area contributed by atoms with Crippen molar-refractivity contribution in [3.63, 3.8) is 0 Å². The Labute approximate surface area is 120 Å². The Morgan fingerprint density at radius 2 is 1.75 bits per heavy atom. The van der Waals surface area contributed by atoms with Crippen LogP contribution in [-0.2, 0) is 10.0 Å². The van der Waals surface area contributed by atoms with E-state index in [0.29, 0.717) is 6.42 Å². The first-order valence-electron chi connectivity index (χ1n) is 6.41. The Bertz CT molecular complexity index is 590. The highest BCUT2D eigenvalue weighted by atomic mass is 32.2. The average Bonchev–Trinajstić information content (AvgIpc) is 2.09. The van der Waals surface area contributed by atoms with Crippen LogP contribution in [0.5, 0.6) is 0 Å². The molecule has 1 rings (SSSR count). The van der Waals surface area contributed by atoms with Crippen LogP contribution < -0.4 is 10.5 Å². The van der Waals surface area contributed by atoms with Crippen LogP contribution in [-0.4, -0.2) is 14.0 Å². The summed E-state index contributed by atoms with van der Waals surface area (Å²) in [5.41, 5.74) is 4.89. The van der Waals surface area contributed by atoms with Crippen molar-refractivity contribution >= 4 is 15.7 Å². The third kappa shape index (κ3) is 4.76. The van der Waals surface area contributed by atoms with Crippen LogP contribution in [0.2, 0.25) is 0 Å². The summed E-state index contributed by atoms with van der Waals surface area (Å²) in [6, 6.07) is 3.56. The van der Waals surface area contributed by atoms with Gasteiger partial charge < -0.3 is 5.73 Å². The van der Waals surface area contributed by atoms with Gasteiger partial charge in [-0.05, 0) is 43.9 Å². The number of halogens is 1. The maximum Gasteiger partial charge on any atom is 0.243 e. The minimum absolute atomic E-state index is 0.0499. The van der Waals surface area contributed by atoms with Gasteiger partial charge in [-0.25, -0.2) is 17.5 Å². The second-order valence-corrected chi connectivity index (χ2v) is 8.57. The first kappa shape index (κ1) is 16.9. The van der Waals surface area contributed by atoms with Crippen molar-refractivity contribution < 1.29 is 12.8 Å². The molecule has 3 N–H and O–H groups in total. The minimum Gasteiger partial charge on any atom is -0.399 e. The van der Waals surface area contributed by atoms with Gasteiger partial charge in [0.1, 0.15) is 10.7 Å². The molecule has 0 spiro atoms. The SMILES string of the molecule is CC(C)(C)CC(C)(C)NS(=O)(=O)c1ccc(N)cc1F. The molecule has 0 saturated carbocycles. The highest BCUT2D eigenvalue weighted by Crippen LogP contribution is 2.28. The standard InChI is InChI=1S/C14H23FN2O2S/c1-13(2,3)9-14(4,5)17-20(18,19)12-7-6-10(16)8-11(12)15/h6-8,17H,9,16H2,1-5H3. The molecule has 0 unspecified atom stereocenters. The molecular formula is C14H23FN2O2S. The van der Waals surface area contributed by atoms with E-state index in [1.54, 1.807) is 13.8 Å². The van der Waals surface area contributed by atoms with Gasteiger partial charge in [-0.3, -0.25) is 0 Å². The predicted molar refractivity (Wildman–Crippen MR) is 79.3 cm³/mol. The second kappa shape index (κ2) is 5.33. The Morgan fingerprint density at radius 3 is 2.20 bits per heavy atom. The van der Waals surface area contributed by atoms with E-state index in [0.717, 1.165) is 6.07 Å². The lowest BCUT2D eigenvalue weighted by Crippen LogP contribution is -2.45. The van der Waals surface area contributed by atoms with Crippen molar-refractivity contribution in [3.05, 3.63) is 24.0 Å². The van der Waals surface area contributed by atoms with E-state index in [9.17, 15) is 12.8 Å². The molecule has 0 amide bonds. The molecule has 0 aromatic heterocycles. The van der Waals surface area contributed by atoms with Crippen LogP contribution in [0.3, 0.4) is 0 Å². The normalized spacial score (nSPS) is 13.5. The maximum absolute atomic E-state index is 13.8. The molecule has 20 heavy (non-hydrogen) atoms. The van der Waals surface area contributed by atoms with Crippen LogP contribution in [0, 0.1) is 11.2 Å². The van der Waals surface area contributed by atoms with Gasteiger partial charge in [0.2, 0.25) is 10.0 Å². The van der Waals surface area contributed by atoms with E-state index in [1.165, 1.54) is 12.1 Å². The Hall–Kier alpha value is -1.14. The third-order valence-corrected chi connectivity index (χ3v) is 4.36. The molecule has 0 aliphatic heterocycles. The molecule has 1 aromatic rings. The number of hydrogen-bond donors (Lipinski definition) is 2. The third-order valence-electron chi connectivity index (χ3n) is 2.63. The highest BCUT2D eigenvalue weighted by molar-refractivity contribution is 7.89. The van der Waals surface area contributed by atoms with E-state index < -0.39 is 21.4 Å². The zero-order valence-corrected chi connectivity index (χ0v) is 13.4. The monoisotopic (exact) mass is 302 g/mol. The van der Waals surface area contributed by atoms with Gasteiger partial charge in [-0.15, -0.1) is 0 Å². The zero-order chi connectivity index (χ0) is 15.8. The summed E-state index contributed by atoms with van der Waals surface area (Å²) >= 11 is 0. The molecule has 0 heterocycles. The number of rotatable bonds is 4. The molecule has 4 nitrogen and oxygen atoms in total. The number of sulfonamides is 1. The lowest BCUT2D eigenvalue weighted by molar-refractivity contribution is 0.269. The molecule has 0 fully saturated rings. The topological polar surface area (TPSA) is 72.2 Å². The number of nitrogen functional groups attached to an aromatic ring is 1. The lowest BCUT2D eigenvalue weighted by Gasteiger charge is -2.33. The van der Waals surface area contributed by atoms with Gasteiger partial charge >= 0.3 is 0 Å². The first-order valence-corrected chi connectivity index (χ1v) is 7.90. The van der Waals surface area contributed by atoms with Gasteiger partial charge in [-0.1, -0.05) is 20.8 Å². The molecule has 0 bridgehead atoms. The highest BCUT2D eigenvalue weighted by Gasteiger charge is 2.31. The second-order valence-electron chi connectivity index (χ2n) is 6.92. The lowest BCUT2D eigenvalue weighted by atomic mass is 9.82. The van der Waals surface area contributed by atoms with Crippen LogP contribution >= 0.6 is 0 Å². The van der Waals surface area contributed by atoms with Gasteiger partial charge in [0.15, 0.2) is 0 Å². The van der Waals surface area contributed by atoms with E-state index in [2.05, 4.69) is 4.72 Å². The fourth-order valence-electron chi connectivity index (χ4n) is 2.52. The number of anilines is 1. The van der Waals surface area contributed by atoms with Crippen LogP contribution in [0.4, 0.5) is 10.1 Å². The zero-order valence-electron chi connectivity index (χ0n) is 12.6. The number of nitrogens with two attached hydrogens (primary N) is 1. The van der Waals surface area contributed by atoms with Crippen molar-refractivity contribution in [2.75, 3.05) is 5.73 Å². The summed E-state index contributed by atoms with van der Waals surface area (Å²) in [7, 11) is -3.92. The van der Waals surface area contributed by atoms with Crippen LogP contribution in [0.25, 0.3) is 0 Å². The summed E-state index contributed by atoms with van der Waals surface area (Å²) in [5, 5.41) is 0. The van der Waals surface area contributed by atoms with Crippen molar-refractivity contribution in [2.24, 2.45) is 5.41 Å². The molecule has 6 heteroatoms. The predicted octanol–water partition coefficient (Wildman–Crippen LogP) is 2.90. The van der Waals surface area contributed by atoms with Crippen LogP contribution in [0.15, 0.2) is 23.1 Å². The fraction of sp³-hybridized carbons (Fsp3) is 0.571. The van der Waals surface area contributed by atoms with Crippen LogP contribution in [0.1, 0.15) is 41.0 Å². The molecule has 0 aliphatic carbocycles. The quantitative estimate of drug-likeness (QED) is 0.840. The van der Waals surface area contributed by atoms with Gasteiger partial charge in [0, 0.05) is 11.2 Å². The number of benzene rings is 1. The molecule has 0 saturated heterocycles. The van der Waals surface area contributed by atoms with E-state index in [4.69, 9.17) is 5.73 Å². The first-order chi connectivity index (χ1) is 8.82. The van der Waals surface area contributed by atoms with E-state index in [-0.39, 0.29) is 16.0 Å². The summed E-state index contributed by atoms with van der Waals surface area (Å²) < 4.78 is 40.9. The summed E-state index contributed by atoms with van der Waals surface area (Å²) in [5.74, 6) is -0.843. The van der Waals surface area contributed by atoms with Crippen molar-refractivity contribution in [1.82, 2.24) is 4.72 Å². The van der Waals surface area contributed by atoms with Crippen molar-refractivity contribution in [1.29, 1.82) is 0 Å². The molecule has 0 atom stereocenters. The Balaban J connectivity index is 3.06. The van der Waals surface area contributed by atoms with E-state index >= 15 is 0 Å². The maximum atomic E-state index is 13.8. The van der Waals surface area contributed by atoms with E-state index in [1.807, 2.05) is 20.8 Å². The van der Waals surface area contributed by atoms with Gasteiger partial charge in [0.25, 0.3) is 0 Å². The molecule has 114 valence electrons. The van der Waals surface area contributed by atoms with Crippen molar-refractivity contribution in [2.45, 2.75) is 51.5 Å². The summed E-state index contributed by atoms with van der Waals surface area (Å²) in [6.07, 6.45) is 0.621. The summed E-state index contributed by atoms with van der Waals surface area (Å²) in [4.78, 5) is -0.381.